The van der Waals surface area contributed by atoms with Gasteiger partial charge in [-0.3, -0.25) is 4.79 Å². The third kappa shape index (κ3) is 3.93. The minimum absolute atomic E-state index is 0.0273. The van der Waals surface area contributed by atoms with Gasteiger partial charge < -0.3 is 15.4 Å². The monoisotopic (exact) mass is 277 g/mol. The van der Waals surface area contributed by atoms with Gasteiger partial charge in [-0.25, -0.2) is 4.98 Å². The first-order chi connectivity index (χ1) is 9.56. The number of amides is 1. The average molecular weight is 277 g/mol. The van der Waals surface area contributed by atoms with Gasteiger partial charge in [0.15, 0.2) is 0 Å². The van der Waals surface area contributed by atoms with E-state index >= 15 is 0 Å². The van der Waals surface area contributed by atoms with Crippen LogP contribution in [0.25, 0.3) is 0 Å². The fraction of sp³-hybridized carbons (Fsp3) is 0.600. The second-order valence-corrected chi connectivity index (χ2v) is 5.59. The molecule has 0 radical (unpaired) electrons. The molecule has 1 amide bonds. The zero-order valence-corrected chi connectivity index (χ0v) is 12.3. The highest BCUT2D eigenvalue weighted by molar-refractivity contribution is 5.93. The van der Waals surface area contributed by atoms with Crippen molar-refractivity contribution < 1.29 is 9.53 Å². The van der Waals surface area contributed by atoms with Gasteiger partial charge in [0.05, 0.1) is 6.10 Å². The van der Waals surface area contributed by atoms with E-state index in [2.05, 4.69) is 22.5 Å². The highest BCUT2D eigenvalue weighted by Gasteiger charge is 2.25. The number of anilines is 1. The van der Waals surface area contributed by atoms with Crippen molar-refractivity contribution >= 4 is 11.6 Å². The molecule has 5 heteroatoms. The Morgan fingerprint density at radius 2 is 2.35 bits per heavy atom. The first kappa shape index (κ1) is 14.8. The fourth-order valence-electron chi connectivity index (χ4n) is 2.41. The van der Waals surface area contributed by atoms with E-state index in [4.69, 9.17) is 4.74 Å². The predicted molar refractivity (Wildman–Crippen MR) is 78.8 cm³/mol. The van der Waals surface area contributed by atoms with E-state index in [1.807, 2.05) is 19.9 Å². The molecule has 20 heavy (non-hydrogen) atoms. The number of pyridine rings is 1. The zero-order chi connectivity index (χ0) is 14.5. The molecule has 0 aromatic carbocycles. The number of rotatable bonds is 4. The van der Waals surface area contributed by atoms with E-state index in [-0.39, 0.29) is 17.9 Å². The van der Waals surface area contributed by atoms with Crippen molar-refractivity contribution in [1.29, 1.82) is 0 Å². The average Bonchev–Trinajstić information content (AvgIpc) is 2.40. The van der Waals surface area contributed by atoms with Crippen LogP contribution in [0.1, 0.15) is 33.6 Å². The first-order valence-electron chi connectivity index (χ1n) is 7.22. The van der Waals surface area contributed by atoms with Gasteiger partial charge in [-0.15, -0.1) is 0 Å². The molecule has 1 aliphatic heterocycles. The second kappa shape index (κ2) is 6.70. The van der Waals surface area contributed by atoms with Gasteiger partial charge in [0.2, 0.25) is 11.8 Å². The number of hydrogen-bond donors (Lipinski definition) is 2. The van der Waals surface area contributed by atoms with E-state index in [1.165, 1.54) is 0 Å². The maximum Gasteiger partial charge on any atom is 0.238 e. The smallest absolute Gasteiger partial charge is 0.238 e. The number of aromatic nitrogens is 1. The molecular formula is C15H23N3O2. The summed E-state index contributed by atoms with van der Waals surface area (Å²) in [5.41, 5.74) is 0.650. The topological polar surface area (TPSA) is 63.2 Å². The van der Waals surface area contributed by atoms with Crippen LogP contribution in [0, 0.1) is 5.92 Å². The molecular weight excluding hydrogens is 254 g/mol. The molecule has 5 nitrogen and oxygen atoms in total. The van der Waals surface area contributed by atoms with Crippen molar-refractivity contribution in [1.82, 2.24) is 10.3 Å². The summed E-state index contributed by atoms with van der Waals surface area (Å²) in [4.78, 5) is 16.5. The summed E-state index contributed by atoms with van der Waals surface area (Å²) in [7, 11) is 0. The first-order valence-corrected chi connectivity index (χ1v) is 7.22. The second-order valence-electron chi connectivity index (χ2n) is 5.59. The van der Waals surface area contributed by atoms with Crippen LogP contribution in [-0.2, 0) is 4.79 Å². The van der Waals surface area contributed by atoms with Gasteiger partial charge in [-0.05, 0) is 52.3 Å². The maximum absolute atomic E-state index is 12.3. The van der Waals surface area contributed by atoms with E-state index in [0.29, 0.717) is 17.6 Å². The molecule has 0 aliphatic carbocycles. The number of carbonyl (C=O) groups is 1. The Hall–Kier alpha value is -1.62. The largest absolute Gasteiger partial charge is 0.473 e. The molecule has 1 fully saturated rings. The van der Waals surface area contributed by atoms with Gasteiger partial charge >= 0.3 is 0 Å². The molecule has 1 saturated heterocycles. The highest BCUT2D eigenvalue weighted by Crippen LogP contribution is 2.24. The van der Waals surface area contributed by atoms with Gasteiger partial charge in [0.25, 0.3) is 0 Å². The number of nitrogens with one attached hydrogen (secondary N) is 2. The molecule has 2 unspecified atom stereocenters. The zero-order valence-electron chi connectivity index (χ0n) is 12.3. The summed E-state index contributed by atoms with van der Waals surface area (Å²) in [5.74, 6) is 0.594. The Balaban J connectivity index is 2.03. The van der Waals surface area contributed by atoms with Crippen LogP contribution in [0.5, 0.6) is 5.88 Å². The van der Waals surface area contributed by atoms with Crippen molar-refractivity contribution in [3.8, 4) is 5.88 Å². The summed E-state index contributed by atoms with van der Waals surface area (Å²) in [6.07, 6.45) is 3.43. The van der Waals surface area contributed by atoms with Crippen molar-refractivity contribution in [2.24, 2.45) is 5.92 Å². The predicted octanol–water partition coefficient (Wildman–Crippen LogP) is 2.20. The fourth-order valence-corrected chi connectivity index (χ4v) is 2.41. The molecule has 1 aliphatic rings. The minimum Gasteiger partial charge on any atom is -0.473 e. The molecule has 1 aromatic heterocycles. The highest BCUT2D eigenvalue weighted by atomic mass is 16.5. The van der Waals surface area contributed by atoms with E-state index in [0.717, 1.165) is 19.4 Å². The third-order valence-electron chi connectivity index (χ3n) is 3.37. The van der Waals surface area contributed by atoms with E-state index in [1.54, 1.807) is 12.3 Å². The lowest BCUT2D eigenvalue weighted by Crippen LogP contribution is -2.40. The Morgan fingerprint density at radius 3 is 3.05 bits per heavy atom. The Bertz CT molecular complexity index is 462. The van der Waals surface area contributed by atoms with Crippen LogP contribution < -0.4 is 15.4 Å². The van der Waals surface area contributed by atoms with Crippen molar-refractivity contribution in [2.75, 3.05) is 11.9 Å². The van der Waals surface area contributed by atoms with Crippen LogP contribution in [-0.4, -0.2) is 29.6 Å². The third-order valence-corrected chi connectivity index (χ3v) is 3.37. The van der Waals surface area contributed by atoms with Crippen LogP contribution in [0.2, 0.25) is 0 Å². The molecule has 110 valence electrons. The SMILES string of the molecule is CC1CC(C(=O)Nc2cccnc2OC(C)C)CCN1. The lowest BCUT2D eigenvalue weighted by molar-refractivity contribution is -0.120. The normalized spacial score (nSPS) is 22.6. The molecule has 2 atom stereocenters. The number of ether oxygens (including phenoxy) is 1. The van der Waals surface area contributed by atoms with Crippen molar-refractivity contribution in [3.63, 3.8) is 0 Å². The number of hydrogen-bond acceptors (Lipinski definition) is 4. The van der Waals surface area contributed by atoms with Gasteiger partial charge in [0.1, 0.15) is 5.69 Å². The molecule has 2 heterocycles. The van der Waals surface area contributed by atoms with Crippen LogP contribution >= 0.6 is 0 Å². The van der Waals surface area contributed by atoms with Crippen LogP contribution in [0.4, 0.5) is 5.69 Å². The Morgan fingerprint density at radius 1 is 1.55 bits per heavy atom. The quantitative estimate of drug-likeness (QED) is 0.885. The van der Waals surface area contributed by atoms with Gasteiger partial charge in [-0.1, -0.05) is 0 Å². The summed E-state index contributed by atoms with van der Waals surface area (Å²) in [6, 6.07) is 4.01. The summed E-state index contributed by atoms with van der Waals surface area (Å²) in [5, 5.41) is 6.30. The van der Waals surface area contributed by atoms with Crippen molar-refractivity contribution in [2.45, 2.75) is 45.8 Å². The number of carbonyl (C=O) groups excluding carboxylic acids is 1. The maximum atomic E-state index is 12.3. The Kier molecular flexibility index (Phi) is 4.95. The molecule has 1 aromatic rings. The lowest BCUT2D eigenvalue weighted by Gasteiger charge is -2.27. The lowest BCUT2D eigenvalue weighted by atomic mass is 9.92. The molecule has 2 N–H and O–H groups in total. The van der Waals surface area contributed by atoms with Gasteiger partial charge in [0, 0.05) is 18.2 Å². The van der Waals surface area contributed by atoms with Crippen molar-refractivity contribution in [3.05, 3.63) is 18.3 Å². The van der Waals surface area contributed by atoms with Crippen LogP contribution in [0.15, 0.2) is 18.3 Å². The van der Waals surface area contributed by atoms with E-state index < -0.39 is 0 Å². The van der Waals surface area contributed by atoms with Crippen LogP contribution in [0.3, 0.4) is 0 Å². The minimum atomic E-state index is 0.0273. The summed E-state index contributed by atoms with van der Waals surface area (Å²) < 4.78 is 5.62. The van der Waals surface area contributed by atoms with E-state index in [9.17, 15) is 4.79 Å². The summed E-state index contributed by atoms with van der Waals surface area (Å²) in [6.45, 7) is 6.88. The molecule has 0 saturated carbocycles. The van der Waals surface area contributed by atoms with Gasteiger partial charge in [-0.2, -0.15) is 0 Å². The molecule has 0 bridgehead atoms. The summed E-state index contributed by atoms with van der Waals surface area (Å²) >= 11 is 0. The number of nitrogens with zero attached hydrogens (tertiary/aromatic N) is 1. The standard InChI is InChI=1S/C15H23N3O2/c1-10(2)20-15-13(5-4-7-17-15)18-14(19)12-6-8-16-11(3)9-12/h4-5,7,10-12,16H,6,8-9H2,1-3H3,(H,18,19). The number of piperidine rings is 1. The molecule has 2 rings (SSSR count). The Labute approximate surface area is 120 Å². The molecule has 0 spiro atoms.